The monoisotopic (exact) mass is 544 g/mol. The third kappa shape index (κ3) is 9.74. The van der Waals surface area contributed by atoms with Gasteiger partial charge in [-0.2, -0.15) is 0 Å². The van der Waals surface area contributed by atoms with Crippen LogP contribution in [0.1, 0.15) is 77.3 Å². The van der Waals surface area contributed by atoms with Gasteiger partial charge in [-0.05, 0) is 79.7 Å². The van der Waals surface area contributed by atoms with Crippen molar-refractivity contribution < 1.29 is 18.9 Å². The van der Waals surface area contributed by atoms with Crippen LogP contribution >= 0.6 is 7.72 Å². The smallest absolute Gasteiger partial charge is 0.269 e. The maximum Gasteiger partial charge on any atom is 0.269 e. The predicted octanol–water partition coefficient (Wildman–Crippen LogP) is 7.97. The van der Waals surface area contributed by atoms with E-state index in [2.05, 4.69) is 69.0 Å². The first-order valence-corrected chi connectivity index (χ1v) is 16.7. The minimum atomic E-state index is -2.32. The number of ether oxygens (including phenoxy) is 2. The molecule has 1 aliphatic heterocycles. The van der Waals surface area contributed by atoms with Gasteiger partial charge in [0.1, 0.15) is 24.3 Å². The molecule has 0 aromatic heterocycles. The second-order valence-electron chi connectivity index (χ2n) is 12.3. The second kappa shape index (κ2) is 14.0. The quantitative estimate of drug-likeness (QED) is 0.259. The van der Waals surface area contributed by atoms with Crippen molar-refractivity contribution in [3.05, 3.63) is 53.6 Å². The fourth-order valence-electron chi connectivity index (χ4n) is 5.40. The number of hydrogen-bond donors (Lipinski definition) is 1. The zero-order valence-corrected chi connectivity index (χ0v) is 25.7. The highest BCUT2D eigenvalue weighted by atomic mass is 31.2. The Morgan fingerprint density at radius 3 is 2.47 bits per heavy atom. The number of piperidine rings is 1. The maximum atomic E-state index is 10.6. The Morgan fingerprint density at radius 1 is 1.08 bits per heavy atom. The summed E-state index contributed by atoms with van der Waals surface area (Å²) >= 11 is 0. The third-order valence-electron chi connectivity index (χ3n) is 7.55. The van der Waals surface area contributed by atoms with E-state index in [-0.39, 0.29) is 5.92 Å². The number of benzene rings is 2. The van der Waals surface area contributed by atoms with Gasteiger partial charge in [-0.15, -0.1) is 0 Å². The molecule has 212 valence electrons. The van der Waals surface area contributed by atoms with Crippen LogP contribution in [0.2, 0.25) is 0 Å². The summed E-state index contributed by atoms with van der Waals surface area (Å²) in [5.74, 6) is 2.62. The van der Waals surface area contributed by atoms with E-state index in [0.717, 1.165) is 50.5 Å². The highest BCUT2D eigenvalue weighted by Gasteiger charge is 2.33. The molecular formula is C32H51NO4P+. The fraction of sp³-hybridized carbons (Fsp3) is 0.625. The molecule has 0 saturated carbocycles. The van der Waals surface area contributed by atoms with Gasteiger partial charge in [-0.25, -0.2) is 9.42 Å². The normalized spacial score (nSPS) is 17.2. The molecule has 3 rings (SSSR count). The molecule has 1 unspecified atom stereocenters. The maximum absolute atomic E-state index is 10.6. The topological polar surface area (TPSA) is 51.2 Å². The molecule has 38 heavy (non-hydrogen) atoms. The van der Waals surface area contributed by atoms with Crippen LogP contribution in [0.25, 0.3) is 0 Å². The van der Waals surface area contributed by atoms with Gasteiger partial charge in [0.25, 0.3) is 7.72 Å². The molecular weight excluding hydrogens is 493 g/mol. The first-order valence-electron chi connectivity index (χ1n) is 14.4. The number of rotatable bonds is 13. The Labute approximate surface area is 232 Å². The van der Waals surface area contributed by atoms with Crippen LogP contribution in [0, 0.1) is 11.3 Å². The SMILES string of the molecule is CCO[P+](C)(O)C[C@@H](C)c1cccc(OCC2CCN(c3cc(OC)ccc3CCCC(C)(C)C)CC2)c1. The summed E-state index contributed by atoms with van der Waals surface area (Å²) in [6, 6.07) is 14.9. The minimum Gasteiger partial charge on any atom is -0.497 e. The Balaban J connectivity index is 1.54. The molecule has 0 amide bonds. The van der Waals surface area contributed by atoms with E-state index in [1.807, 2.05) is 19.7 Å². The summed E-state index contributed by atoms with van der Waals surface area (Å²) in [7, 11) is -0.574. The van der Waals surface area contributed by atoms with Gasteiger partial charge in [0.05, 0.1) is 20.3 Å². The molecule has 1 saturated heterocycles. The fourth-order valence-corrected chi connectivity index (χ4v) is 7.28. The summed E-state index contributed by atoms with van der Waals surface area (Å²) in [4.78, 5) is 13.1. The van der Waals surface area contributed by atoms with Crippen LogP contribution in [0.4, 0.5) is 5.69 Å². The summed E-state index contributed by atoms with van der Waals surface area (Å²) in [5.41, 5.74) is 4.33. The minimum absolute atomic E-state index is 0.220. The number of methoxy groups -OCH3 is 1. The molecule has 5 nitrogen and oxygen atoms in total. The van der Waals surface area contributed by atoms with Crippen LogP contribution in [-0.4, -0.2) is 51.1 Å². The molecule has 0 bridgehead atoms. The van der Waals surface area contributed by atoms with Gasteiger partial charge in [0.15, 0.2) is 0 Å². The average Bonchev–Trinajstić information content (AvgIpc) is 2.87. The van der Waals surface area contributed by atoms with E-state index < -0.39 is 7.72 Å². The lowest BCUT2D eigenvalue weighted by Crippen LogP contribution is -2.36. The van der Waals surface area contributed by atoms with Crippen LogP contribution in [0.15, 0.2) is 42.5 Å². The van der Waals surface area contributed by atoms with Crippen molar-refractivity contribution in [1.82, 2.24) is 0 Å². The highest BCUT2D eigenvalue weighted by Crippen LogP contribution is 2.54. The average molecular weight is 545 g/mol. The van der Waals surface area contributed by atoms with Crippen LogP contribution in [-0.2, 0) is 10.9 Å². The lowest BCUT2D eigenvalue weighted by molar-refractivity contribution is 0.222. The lowest BCUT2D eigenvalue weighted by Gasteiger charge is -2.35. The zero-order valence-electron chi connectivity index (χ0n) is 24.8. The molecule has 0 spiro atoms. The van der Waals surface area contributed by atoms with Crippen molar-refractivity contribution in [3.8, 4) is 11.5 Å². The first kappa shape index (κ1) is 30.7. The third-order valence-corrected chi connectivity index (χ3v) is 9.59. The lowest BCUT2D eigenvalue weighted by atomic mass is 9.88. The van der Waals surface area contributed by atoms with E-state index in [0.29, 0.717) is 24.1 Å². The molecule has 1 aliphatic rings. The van der Waals surface area contributed by atoms with E-state index in [4.69, 9.17) is 14.0 Å². The van der Waals surface area contributed by atoms with Gasteiger partial charge >= 0.3 is 0 Å². The van der Waals surface area contributed by atoms with Gasteiger partial charge in [-0.3, -0.25) is 0 Å². The largest absolute Gasteiger partial charge is 0.497 e. The van der Waals surface area contributed by atoms with E-state index in [9.17, 15) is 4.89 Å². The molecule has 1 fully saturated rings. The van der Waals surface area contributed by atoms with Gasteiger partial charge in [-0.1, -0.05) is 45.9 Å². The van der Waals surface area contributed by atoms with Gasteiger partial charge < -0.3 is 14.4 Å². The summed E-state index contributed by atoms with van der Waals surface area (Å²) in [5, 5.41) is 0. The Kier molecular flexibility index (Phi) is 11.3. The molecule has 6 heteroatoms. The molecule has 1 N–H and O–H groups in total. The number of anilines is 1. The highest BCUT2D eigenvalue weighted by molar-refractivity contribution is 7.64. The van der Waals surface area contributed by atoms with Gasteiger partial charge in [0.2, 0.25) is 0 Å². The number of nitrogens with zero attached hydrogens (tertiary/aromatic N) is 1. The van der Waals surface area contributed by atoms with Crippen molar-refractivity contribution >= 4 is 13.4 Å². The molecule has 2 aromatic rings. The Morgan fingerprint density at radius 2 is 1.82 bits per heavy atom. The predicted molar refractivity (Wildman–Crippen MR) is 162 cm³/mol. The van der Waals surface area contributed by atoms with Crippen molar-refractivity contribution in [2.75, 3.05) is 51.1 Å². The molecule has 2 atom stereocenters. The van der Waals surface area contributed by atoms with Crippen LogP contribution in [0.5, 0.6) is 11.5 Å². The van der Waals surface area contributed by atoms with Crippen molar-refractivity contribution in [3.63, 3.8) is 0 Å². The van der Waals surface area contributed by atoms with Crippen molar-refractivity contribution in [2.45, 2.75) is 72.6 Å². The zero-order chi connectivity index (χ0) is 27.8. The van der Waals surface area contributed by atoms with Crippen molar-refractivity contribution in [1.29, 1.82) is 0 Å². The molecule has 0 radical (unpaired) electrons. The molecule has 0 aliphatic carbocycles. The summed E-state index contributed by atoms with van der Waals surface area (Å²) in [6.07, 6.45) is 6.44. The summed E-state index contributed by atoms with van der Waals surface area (Å²) in [6.45, 7) is 16.3. The van der Waals surface area contributed by atoms with Crippen LogP contribution in [0.3, 0.4) is 0 Å². The first-order chi connectivity index (χ1) is 18.0. The summed E-state index contributed by atoms with van der Waals surface area (Å²) < 4.78 is 17.4. The Hall–Kier alpha value is -1.81. The van der Waals surface area contributed by atoms with Gasteiger partial charge in [0, 0.05) is 30.8 Å². The van der Waals surface area contributed by atoms with E-state index >= 15 is 0 Å². The molecule has 2 aromatic carbocycles. The van der Waals surface area contributed by atoms with E-state index in [1.54, 1.807) is 7.11 Å². The number of hydrogen-bond acceptors (Lipinski definition) is 5. The van der Waals surface area contributed by atoms with Crippen molar-refractivity contribution in [2.24, 2.45) is 11.3 Å². The Bertz CT molecular complexity index is 995. The second-order valence-corrected chi connectivity index (χ2v) is 15.0. The van der Waals surface area contributed by atoms with Crippen LogP contribution < -0.4 is 14.4 Å². The molecule has 1 heterocycles. The standard InChI is InChI=1S/C32H51NO4P/c1-8-37-38(7,34)24-25(2)28-11-9-13-30(21-28)36-23-26-16-19-33(20-17-26)31-22-29(35-6)15-14-27(31)12-10-18-32(3,4)5/h9,11,13-15,21-22,25-26,34H,8,10,12,16-20,23-24H2,1-7H3/q+1/t25-,38?/m1/s1. The number of aryl methyl sites for hydroxylation is 1. The van der Waals surface area contributed by atoms with E-state index in [1.165, 1.54) is 29.7 Å².